The van der Waals surface area contributed by atoms with Crippen molar-refractivity contribution in [2.75, 3.05) is 24.5 Å². The van der Waals surface area contributed by atoms with Crippen molar-refractivity contribution < 1.29 is 9.18 Å². The quantitative estimate of drug-likeness (QED) is 0.184. The van der Waals surface area contributed by atoms with Crippen molar-refractivity contribution >= 4 is 56.7 Å². The molecule has 6 heterocycles. The van der Waals surface area contributed by atoms with Gasteiger partial charge in [-0.3, -0.25) is 9.88 Å². The molecular weight excluding hydrogens is 660 g/mol. The van der Waals surface area contributed by atoms with Gasteiger partial charge in [0.2, 0.25) is 0 Å². The van der Waals surface area contributed by atoms with E-state index in [0.29, 0.717) is 58.2 Å². The normalized spacial score (nSPS) is 21.0. The Balaban J connectivity index is 1.34. The molecule has 9 rings (SSSR count). The number of rotatable bonds is 7. The number of nitrogens with one attached hydrogen (secondary N) is 1. The molecule has 0 spiro atoms. The Morgan fingerprint density at radius 2 is 1.98 bits per heavy atom. The summed E-state index contributed by atoms with van der Waals surface area (Å²) in [4.78, 5) is 27.2. The highest BCUT2D eigenvalue weighted by Crippen LogP contribution is 2.50. The fourth-order valence-corrected chi connectivity index (χ4v) is 8.76. The first-order valence-electron chi connectivity index (χ1n) is 16.9. The average molecular weight is 697 g/mol. The van der Waals surface area contributed by atoms with Crippen LogP contribution in [0.1, 0.15) is 60.9 Å². The Hall–Kier alpha value is -4.23. The number of halogens is 3. The zero-order chi connectivity index (χ0) is 34.1. The van der Waals surface area contributed by atoms with Crippen molar-refractivity contribution in [1.82, 2.24) is 24.8 Å². The number of amides is 2. The minimum Gasteiger partial charge on any atom is -0.337 e. The van der Waals surface area contributed by atoms with Crippen LogP contribution in [0.3, 0.4) is 0 Å². The van der Waals surface area contributed by atoms with E-state index in [1.165, 1.54) is 0 Å². The van der Waals surface area contributed by atoms with Crippen LogP contribution < -0.4 is 10.2 Å². The molecule has 11 heteroatoms. The van der Waals surface area contributed by atoms with Gasteiger partial charge in [0.1, 0.15) is 5.52 Å². The van der Waals surface area contributed by atoms with E-state index in [0.717, 1.165) is 47.4 Å². The van der Waals surface area contributed by atoms with Crippen LogP contribution in [0.2, 0.25) is 10.0 Å². The summed E-state index contributed by atoms with van der Waals surface area (Å²) in [5.74, 6) is -0.0537. The molecule has 3 saturated heterocycles. The summed E-state index contributed by atoms with van der Waals surface area (Å²) in [6, 6.07) is 15.6. The molecule has 49 heavy (non-hydrogen) atoms. The maximum atomic E-state index is 17.1. The number of anilines is 1. The molecular formula is C38H36Cl2FN7O. The Kier molecular flexibility index (Phi) is 8.02. The second-order valence-corrected chi connectivity index (χ2v) is 14.4. The van der Waals surface area contributed by atoms with Crippen LogP contribution in [-0.2, 0) is 6.42 Å². The monoisotopic (exact) mass is 695 g/mol. The molecule has 2 amide bonds. The lowest BCUT2D eigenvalue weighted by atomic mass is 9.79. The smallest absolute Gasteiger partial charge is 0.325 e. The first-order valence-corrected chi connectivity index (χ1v) is 17.7. The number of nitriles is 1. The second kappa shape index (κ2) is 12.3. The lowest BCUT2D eigenvalue weighted by Crippen LogP contribution is -2.51. The topological polar surface area (TPSA) is 90.1 Å². The van der Waals surface area contributed by atoms with Crippen LogP contribution in [0.15, 0.2) is 48.7 Å². The molecule has 5 aromatic rings. The molecule has 0 radical (unpaired) electrons. The van der Waals surface area contributed by atoms with Gasteiger partial charge in [-0.05, 0) is 81.8 Å². The van der Waals surface area contributed by atoms with E-state index in [4.69, 9.17) is 28.2 Å². The number of pyridine rings is 2. The van der Waals surface area contributed by atoms with E-state index in [1.54, 1.807) is 24.4 Å². The molecule has 0 unspecified atom stereocenters. The fourth-order valence-electron chi connectivity index (χ4n) is 8.37. The molecule has 250 valence electrons. The lowest BCUT2D eigenvalue weighted by molar-refractivity contribution is 0.165. The second-order valence-electron chi connectivity index (χ2n) is 13.6. The number of aromatic nitrogens is 3. The third kappa shape index (κ3) is 5.07. The highest BCUT2D eigenvalue weighted by molar-refractivity contribution is 6.43. The summed E-state index contributed by atoms with van der Waals surface area (Å²) in [5, 5.41) is 15.5. The summed E-state index contributed by atoms with van der Waals surface area (Å²) >= 11 is 13.1. The van der Waals surface area contributed by atoms with Crippen molar-refractivity contribution in [2.45, 2.75) is 64.6 Å². The first kappa shape index (κ1) is 32.0. The molecule has 3 aromatic heterocycles. The van der Waals surface area contributed by atoms with E-state index in [1.807, 2.05) is 41.8 Å². The van der Waals surface area contributed by atoms with Crippen LogP contribution in [0.5, 0.6) is 0 Å². The summed E-state index contributed by atoms with van der Waals surface area (Å²) in [5.41, 5.74) is 6.07. The number of urea groups is 1. The van der Waals surface area contributed by atoms with Crippen molar-refractivity contribution in [3.8, 4) is 17.2 Å². The number of hydrogen-bond donors (Lipinski definition) is 1. The van der Waals surface area contributed by atoms with Gasteiger partial charge in [-0.15, -0.1) is 0 Å². The minimum atomic E-state index is -0.480. The summed E-state index contributed by atoms with van der Waals surface area (Å²) in [6.45, 7) is 8.14. The van der Waals surface area contributed by atoms with Gasteiger partial charge < -0.3 is 14.8 Å². The summed E-state index contributed by atoms with van der Waals surface area (Å²) in [7, 11) is 0. The Labute approximate surface area is 294 Å². The predicted molar refractivity (Wildman–Crippen MR) is 192 cm³/mol. The maximum absolute atomic E-state index is 17.1. The number of aryl methyl sites for hydroxylation is 3. The van der Waals surface area contributed by atoms with E-state index < -0.39 is 5.82 Å². The van der Waals surface area contributed by atoms with Crippen molar-refractivity contribution in [3.05, 3.63) is 87.2 Å². The molecule has 1 N–H and O–H groups in total. The number of hydrogen-bond acceptors (Lipinski definition) is 5. The van der Waals surface area contributed by atoms with Crippen molar-refractivity contribution in [2.24, 2.45) is 5.92 Å². The van der Waals surface area contributed by atoms with Crippen LogP contribution in [0, 0.1) is 36.9 Å². The van der Waals surface area contributed by atoms with E-state index >= 15 is 4.39 Å². The molecule has 8 nitrogen and oxygen atoms in total. The van der Waals surface area contributed by atoms with Gasteiger partial charge in [-0.1, -0.05) is 35.3 Å². The number of benzene rings is 2. The van der Waals surface area contributed by atoms with Gasteiger partial charge in [0, 0.05) is 83.0 Å². The molecule has 2 bridgehead atoms. The van der Waals surface area contributed by atoms with Gasteiger partial charge in [0.25, 0.3) is 0 Å². The zero-order valence-electron chi connectivity index (χ0n) is 27.6. The predicted octanol–water partition coefficient (Wildman–Crippen LogP) is 8.70. The van der Waals surface area contributed by atoms with Crippen LogP contribution in [0.25, 0.3) is 32.9 Å². The van der Waals surface area contributed by atoms with Gasteiger partial charge in [0.15, 0.2) is 5.82 Å². The molecule has 1 aliphatic carbocycles. The van der Waals surface area contributed by atoms with E-state index in [2.05, 4.69) is 33.9 Å². The number of carbonyl (C=O) groups excluding carboxylic acids is 1. The van der Waals surface area contributed by atoms with Crippen molar-refractivity contribution in [3.63, 3.8) is 0 Å². The Morgan fingerprint density at radius 3 is 2.71 bits per heavy atom. The zero-order valence-corrected chi connectivity index (χ0v) is 29.1. The van der Waals surface area contributed by atoms with Gasteiger partial charge in [-0.25, -0.2) is 14.2 Å². The SMILES string of the molecule is Cc1cc(N2CCCN([C@H](C)c3cc4c(C)nc5c(F)c(-c6cccc(Cl)c6Cl)c(CCC#N)cc5c4n3[C@H]3[C@H]4CN[C@@H]3C4)C2=O)ccn1. The fraction of sp³-hybridized carbons (Fsp3) is 0.368. The molecule has 1 saturated carbocycles. The molecule has 4 atom stereocenters. The van der Waals surface area contributed by atoms with Gasteiger partial charge in [-0.2, -0.15) is 5.26 Å². The van der Waals surface area contributed by atoms with Crippen LogP contribution in [-0.4, -0.2) is 51.1 Å². The van der Waals surface area contributed by atoms with Crippen LogP contribution in [0.4, 0.5) is 14.9 Å². The first-order chi connectivity index (χ1) is 23.7. The standard InChI is InChI=1S/C38H36Cl2FN7O/c1-20-15-25(10-12-43-20)47-14-6-13-46(38(47)49)22(3)31-18-27-21(2)45-35-28(37(27)48(31)36-24-17-30(36)44-19-24)16-23(7-5-11-42)32(34(35)41)26-8-4-9-29(39)33(26)40/h4,8-10,12,15-16,18,22,24,30,36,44H,5-7,13-14,17,19H2,1-3H3/t22-,24-,30-,36+/m1/s1. The third-order valence-corrected chi connectivity index (χ3v) is 11.6. The van der Waals surface area contributed by atoms with E-state index in [9.17, 15) is 10.1 Å². The maximum Gasteiger partial charge on any atom is 0.325 e. The molecule has 4 aliphatic rings. The highest BCUT2D eigenvalue weighted by Gasteiger charge is 2.49. The molecule has 3 aliphatic heterocycles. The summed E-state index contributed by atoms with van der Waals surface area (Å²) in [6.07, 6.45) is 4.21. The van der Waals surface area contributed by atoms with Crippen molar-refractivity contribution in [1.29, 1.82) is 5.26 Å². The van der Waals surface area contributed by atoms with Crippen LogP contribution >= 0.6 is 23.2 Å². The molecule has 2 aromatic carbocycles. The number of carbonyl (C=O) groups is 1. The average Bonchev–Trinajstić information content (AvgIpc) is 3.83. The molecule has 4 fully saturated rings. The Morgan fingerprint density at radius 1 is 1.14 bits per heavy atom. The van der Waals surface area contributed by atoms with Gasteiger partial charge in [0.05, 0.1) is 33.7 Å². The summed E-state index contributed by atoms with van der Waals surface area (Å²) < 4.78 is 19.5. The Bertz CT molecular complexity index is 2200. The minimum absolute atomic E-state index is 0.0385. The lowest BCUT2D eigenvalue weighted by Gasteiger charge is -2.42. The van der Waals surface area contributed by atoms with Gasteiger partial charge >= 0.3 is 6.03 Å². The third-order valence-electron chi connectivity index (χ3n) is 10.8. The number of fused-ring (bicyclic) bond motifs is 4. The largest absolute Gasteiger partial charge is 0.337 e. The highest BCUT2D eigenvalue weighted by atomic mass is 35.5. The number of nitrogens with zero attached hydrogens (tertiary/aromatic N) is 6. The van der Waals surface area contributed by atoms with E-state index in [-0.39, 0.29) is 41.1 Å².